The van der Waals surface area contributed by atoms with Gasteiger partial charge in [-0.2, -0.15) is 0 Å². The highest BCUT2D eigenvalue weighted by Gasteiger charge is 1.98. The van der Waals surface area contributed by atoms with Crippen molar-refractivity contribution in [1.82, 2.24) is 0 Å². The first kappa shape index (κ1) is 12.4. The number of hydrogen-bond acceptors (Lipinski definition) is 1. The van der Waals surface area contributed by atoms with Crippen LogP contribution in [0.3, 0.4) is 0 Å². The van der Waals surface area contributed by atoms with Crippen LogP contribution in [0.2, 0.25) is 0 Å². The Morgan fingerprint density at radius 3 is 2.28 bits per heavy atom. The van der Waals surface area contributed by atoms with Crippen LogP contribution in [0, 0.1) is 0 Å². The van der Waals surface area contributed by atoms with Crippen molar-refractivity contribution in [2.24, 2.45) is 0 Å². The Hall–Kier alpha value is -2.02. The Morgan fingerprint density at radius 2 is 1.67 bits per heavy atom. The first-order valence-corrected chi connectivity index (χ1v) is 6.24. The second-order valence-corrected chi connectivity index (χ2v) is 4.26. The van der Waals surface area contributed by atoms with Crippen molar-refractivity contribution >= 4 is 5.57 Å². The lowest BCUT2D eigenvalue weighted by molar-refractivity contribution is 0.306. The van der Waals surface area contributed by atoms with Crippen molar-refractivity contribution in [3.63, 3.8) is 0 Å². The molecule has 0 spiro atoms. The molecule has 0 aromatic heterocycles. The van der Waals surface area contributed by atoms with Gasteiger partial charge >= 0.3 is 0 Å². The summed E-state index contributed by atoms with van der Waals surface area (Å²) < 4.78 is 5.73. The topological polar surface area (TPSA) is 9.23 Å². The van der Waals surface area contributed by atoms with Gasteiger partial charge in [0.05, 0.1) is 0 Å². The third-order valence-electron chi connectivity index (χ3n) is 2.94. The summed E-state index contributed by atoms with van der Waals surface area (Å²) in [4.78, 5) is 0. The fourth-order valence-electron chi connectivity index (χ4n) is 1.73. The number of hydrogen-bond donors (Lipinski definition) is 0. The largest absolute Gasteiger partial charge is 0.489 e. The zero-order chi connectivity index (χ0) is 12.8. The predicted octanol–water partition coefficient (Wildman–Crippen LogP) is 4.69. The Labute approximate surface area is 109 Å². The maximum absolute atomic E-state index is 5.73. The van der Waals surface area contributed by atoms with Gasteiger partial charge in [0.15, 0.2) is 0 Å². The molecule has 0 bridgehead atoms. The van der Waals surface area contributed by atoms with Crippen molar-refractivity contribution in [1.29, 1.82) is 0 Å². The normalized spacial score (nSPS) is 10.1. The van der Waals surface area contributed by atoms with E-state index in [0.717, 1.165) is 17.7 Å². The molecule has 1 heteroatoms. The zero-order valence-electron chi connectivity index (χ0n) is 10.7. The smallest absolute Gasteiger partial charge is 0.119 e. The van der Waals surface area contributed by atoms with Crippen LogP contribution in [0.1, 0.15) is 24.5 Å². The van der Waals surface area contributed by atoms with Gasteiger partial charge in [-0.15, -0.1) is 0 Å². The fourth-order valence-corrected chi connectivity index (χ4v) is 1.73. The van der Waals surface area contributed by atoms with E-state index in [2.05, 4.69) is 37.8 Å². The molecule has 2 aromatic rings. The highest BCUT2D eigenvalue weighted by Crippen LogP contribution is 2.20. The van der Waals surface area contributed by atoms with Gasteiger partial charge in [0.2, 0.25) is 0 Å². The molecule has 18 heavy (non-hydrogen) atoms. The fraction of sp³-hybridized carbons (Fsp3) is 0.176. The molecule has 0 aliphatic rings. The number of rotatable bonds is 5. The van der Waals surface area contributed by atoms with E-state index in [0.29, 0.717) is 6.61 Å². The van der Waals surface area contributed by atoms with Crippen LogP contribution < -0.4 is 4.74 Å². The monoisotopic (exact) mass is 238 g/mol. The highest BCUT2D eigenvalue weighted by atomic mass is 16.5. The van der Waals surface area contributed by atoms with Crippen molar-refractivity contribution in [2.75, 3.05) is 0 Å². The first-order valence-electron chi connectivity index (χ1n) is 6.24. The SMILES string of the molecule is C=C(CC)c1ccc(OCc2ccccc2)cc1. The van der Waals surface area contributed by atoms with Crippen LogP contribution in [-0.2, 0) is 6.61 Å². The highest BCUT2D eigenvalue weighted by molar-refractivity contribution is 5.63. The van der Waals surface area contributed by atoms with E-state index in [-0.39, 0.29) is 0 Å². The van der Waals surface area contributed by atoms with Gasteiger partial charge in [0.25, 0.3) is 0 Å². The van der Waals surface area contributed by atoms with Gasteiger partial charge in [0.1, 0.15) is 12.4 Å². The Kier molecular flexibility index (Phi) is 4.19. The lowest BCUT2D eigenvalue weighted by atomic mass is 10.1. The number of allylic oxidation sites excluding steroid dienone is 1. The maximum Gasteiger partial charge on any atom is 0.119 e. The van der Waals surface area contributed by atoms with E-state index >= 15 is 0 Å². The molecular formula is C17H18O. The van der Waals surface area contributed by atoms with E-state index in [4.69, 9.17) is 4.74 Å². The summed E-state index contributed by atoms with van der Waals surface area (Å²) in [6.45, 7) is 6.75. The molecule has 0 N–H and O–H groups in total. The molecule has 0 fully saturated rings. The lowest BCUT2D eigenvalue weighted by Gasteiger charge is -2.08. The molecular weight excluding hydrogens is 220 g/mol. The van der Waals surface area contributed by atoms with Gasteiger partial charge in [-0.1, -0.05) is 56.0 Å². The summed E-state index contributed by atoms with van der Waals surface area (Å²) in [6.07, 6.45) is 0.976. The van der Waals surface area contributed by atoms with E-state index in [1.165, 1.54) is 11.1 Å². The third-order valence-corrected chi connectivity index (χ3v) is 2.94. The second-order valence-electron chi connectivity index (χ2n) is 4.26. The molecule has 0 amide bonds. The molecule has 0 aliphatic heterocycles. The average Bonchev–Trinajstić information content (AvgIpc) is 2.46. The van der Waals surface area contributed by atoms with E-state index in [1.807, 2.05) is 30.3 Å². The lowest BCUT2D eigenvalue weighted by Crippen LogP contribution is -1.94. The van der Waals surface area contributed by atoms with Crippen LogP contribution in [0.4, 0.5) is 0 Å². The van der Waals surface area contributed by atoms with E-state index in [9.17, 15) is 0 Å². The zero-order valence-corrected chi connectivity index (χ0v) is 10.7. The summed E-state index contributed by atoms with van der Waals surface area (Å²) in [5.41, 5.74) is 3.52. The Balaban J connectivity index is 1.97. The van der Waals surface area contributed by atoms with Gasteiger partial charge in [-0.25, -0.2) is 0 Å². The predicted molar refractivity (Wildman–Crippen MR) is 76.5 cm³/mol. The molecule has 0 aliphatic carbocycles. The second kappa shape index (κ2) is 6.06. The van der Waals surface area contributed by atoms with E-state index in [1.54, 1.807) is 0 Å². The standard InChI is InChI=1S/C17H18O/c1-3-14(2)16-9-11-17(12-10-16)18-13-15-7-5-4-6-8-15/h4-12H,2-3,13H2,1H3. The van der Waals surface area contributed by atoms with Crippen molar-refractivity contribution in [2.45, 2.75) is 20.0 Å². The molecule has 0 unspecified atom stereocenters. The molecule has 0 saturated heterocycles. The van der Waals surface area contributed by atoms with Crippen LogP contribution in [0.15, 0.2) is 61.2 Å². The van der Waals surface area contributed by atoms with Crippen LogP contribution in [-0.4, -0.2) is 0 Å². The molecule has 0 heterocycles. The van der Waals surface area contributed by atoms with E-state index < -0.39 is 0 Å². The minimum absolute atomic E-state index is 0.606. The summed E-state index contributed by atoms with van der Waals surface area (Å²) >= 11 is 0. The van der Waals surface area contributed by atoms with Gasteiger partial charge in [-0.3, -0.25) is 0 Å². The van der Waals surface area contributed by atoms with Crippen molar-refractivity contribution < 1.29 is 4.74 Å². The van der Waals surface area contributed by atoms with Crippen LogP contribution in [0.25, 0.3) is 5.57 Å². The minimum atomic E-state index is 0.606. The summed E-state index contributed by atoms with van der Waals surface area (Å²) in [7, 11) is 0. The van der Waals surface area contributed by atoms with Crippen molar-refractivity contribution in [3.8, 4) is 5.75 Å². The molecule has 0 radical (unpaired) electrons. The quantitative estimate of drug-likeness (QED) is 0.734. The molecule has 1 nitrogen and oxygen atoms in total. The first-order chi connectivity index (χ1) is 8.79. The summed E-state index contributed by atoms with van der Waals surface area (Å²) in [5, 5.41) is 0. The summed E-state index contributed by atoms with van der Waals surface area (Å²) in [5.74, 6) is 0.895. The molecule has 0 saturated carbocycles. The summed E-state index contributed by atoms with van der Waals surface area (Å²) in [6, 6.07) is 18.3. The van der Waals surface area contributed by atoms with Crippen LogP contribution >= 0.6 is 0 Å². The number of ether oxygens (including phenoxy) is 1. The average molecular weight is 238 g/mol. The minimum Gasteiger partial charge on any atom is -0.489 e. The number of benzene rings is 2. The Bertz CT molecular complexity index is 497. The van der Waals surface area contributed by atoms with Gasteiger partial charge in [-0.05, 0) is 35.3 Å². The van der Waals surface area contributed by atoms with Gasteiger partial charge < -0.3 is 4.74 Å². The van der Waals surface area contributed by atoms with Crippen molar-refractivity contribution in [3.05, 3.63) is 72.3 Å². The van der Waals surface area contributed by atoms with Gasteiger partial charge in [0, 0.05) is 0 Å². The third kappa shape index (κ3) is 3.24. The molecule has 0 atom stereocenters. The molecule has 2 rings (SSSR count). The van der Waals surface area contributed by atoms with Crippen LogP contribution in [0.5, 0.6) is 5.75 Å². The Morgan fingerprint density at radius 1 is 1.00 bits per heavy atom. The molecule has 92 valence electrons. The molecule has 2 aromatic carbocycles. The maximum atomic E-state index is 5.73.